The van der Waals surface area contributed by atoms with Crippen molar-refractivity contribution in [2.75, 3.05) is 19.6 Å². The maximum Gasteiger partial charge on any atom is 0.270 e. The third kappa shape index (κ3) is 3.36. The quantitative estimate of drug-likeness (QED) is 0.907. The van der Waals surface area contributed by atoms with Crippen LogP contribution in [0.3, 0.4) is 0 Å². The van der Waals surface area contributed by atoms with Gasteiger partial charge in [-0.2, -0.15) is 0 Å². The number of aryl methyl sites for hydroxylation is 1. The molecule has 0 bridgehead atoms. The molecule has 1 atom stereocenters. The third-order valence-electron chi connectivity index (χ3n) is 3.86. The van der Waals surface area contributed by atoms with Crippen molar-refractivity contribution < 1.29 is 4.79 Å². The maximum atomic E-state index is 12.8. The molecule has 1 aliphatic heterocycles. The lowest BCUT2D eigenvalue weighted by Gasteiger charge is -2.34. The molecule has 5 heteroatoms. The van der Waals surface area contributed by atoms with E-state index < -0.39 is 0 Å². The van der Waals surface area contributed by atoms with Crippen molar-refractivity contribution >= 4 is 17.5 Å². The topological polar surface area (TPSA) is 37.3 Å². The molecule has 1 amide bonds. The van der Waals surface area contributed by atoms with Gasteiger partial charge in [0.1, 0.15) is 5.69 Å². The average Bonchev–Trinajstić information content (AvgIpc) is 2.82. The van der Waals surface area contributed by atoms with Crippen molar-refractivity contribution in [1.82, 2.24) is 14.8 Å². The highest BCUT2D eigenvalue weighted by Crippen LogP contribution is 2.19. The van der Waals surface area contributed by atoms with Crippen LogP contribution in [0.1, 0.15) is 43.6 Å². The lowest BCUT2D eigenvalue weighted by molar-refractivity contribution is 0.0651. The van der Waals surface area contributed by atoms with Gasteiger partial charge in [0.05, 0.1) is 5.02 Å². The van der Waals surface area contributed by atoms with Crippen LogP contribution >= 0.6 is 11.6 Å². The van der Waals surface area contributed by atoms with Gasteiger partial charge in [0.15, 0.2) is 0 Å². The predicted octanol–water partition coefficient (Wildman–Crippen LogP) is 2.77. The molecule has 0 spiro atoms. The third-order valence-corrected chi connectivity index (χ3v) is 4.07. The highest BCUT2D eigenvalue weighted by atomic mass is 35.5. The van der Waals surface area contributed by atoms with Crippen molar-refractivity contribution in [3.05, 3.63) is 23.0 Å². The van der Waals surface area contributed by atoms with Crippen molar-refractivity contribution in [3.63, 3.8) is 0 Å². The van der Waals surface area contributed by atoms with Gasteiger partial charge in [-0.15, -0.1) is 0 Å². The summed E-state index contributed by atoms with van der Waals surface area (Å²) in [5.41, 5.74) is 0.712. The Morgan fingerprint density at radius 1 is 1.55 bits per heavy atom. The molecule has 0 radical (unpaired) electrons. The van der Waals surface area contributed by atoms with Crippen LogP contribution in [-0.2, 0) is 6.54 Å². The highest BCUT2D eigenvalue weighted by Gasteiger charge is 2.26. The number of hydrogen-bond acceptors (Lipinski definition) is 2. The fourth-order valence-corrected chi connectivity index (χ4v) is 3.12. The van der Waals surface area contributed by atoms with E-state index in [1.165, 1.54) is 0 Å². The molecule has 2 heterocycles. The van der Waals surface area contributed by atoms with Gasteiger partial charge in [-0.3, -0.25) is 4.79 Å². The van der Waals surface area contributed by atoms with E-state index in [4.69, 9.17) is 11.6 Å². The molecule has 1 fully saturated rings. The summed E-state index contributed by atoms with van der Waals surface area (Å²) in [6.45, 7) is 7.66. The van der Waals surface area contributed by atoms with Gasteiger partial charge in [0.25, 0.3) is 5.91 Å². The molecule has 4 nitrogen and oxygen atoms in total. The van der Waals surface area contributed by atoms with Crippen molar-refractivity contribution in [2.45, 2.75) is 45.7 Å². The summed E-state index contributed by atoms with van der Waals surface area (Å²) in [6, 6.07) is 2.09. The summed E-state index contributed by atoms with van der Waals surface area (Å²) in [6.07, 6.45) is 5.05. The number of nitrogens with zero attached hydrogens (tertiary/aromatic N) is 2. The van der Waals surface area contributed by atoms with E-state index in [9.17, 15) is 4.79 Å². The first-order chi connectivity index (χ1) is 9.67. The number of carbonyl (C=O) groups is 1. The van der Waals surface area contributed by atoms with Crippen LogP contribution in [0.25, 0.3) is 0 Å². The predicted molar refractivity (Wildman–Crippen MR) is 82.3 cm³/mol. The smallest absolute Gasteiger partial charge is 0.270 e. The first-order valence-electron chi connectivity index (χ1n) is 7.54. The normalized spacial score (nSPS) is 19.1. The fourth-order valence-electron chi connectivity index (χ4n) is 2.89. The van der Waals surface area contributed by atoms with Crippen molar-refractivity contribution in [1.29, 1.82) is 0 Å². The number of piperidine rings is 1. The lowest BCUT2D eigenvalue weighted by atomic mass is 10.1. The number of hydrogen-bond donors (Lipinski definition) is 1. The second kappa shape index (κ2) is 7.14. The summed E-state index contributed by atoms with van der Waals surface area (Å²) in [5, 5.41) is 4.01. The van der Waals surface area contributed by atoms with Gasteiger partial charge in [0.2, 0.25) is 0 Å². The van der Waals surface area contributed by atoms with Crippen LogP contribution in [0, 0.1) is 0 Å². The molecular formula is C15H24ClN3O. The molecule has 1 N–H and O–H groups in total. The second-order valence-corrected chi connectivity index (χ2v) is 5.76. The number of amides is 1. The zero-order chi connectivity index (χ0) is 14.5. The Bertz CT molecular complexity index is 452. The van der Waals surface area contributed by atoms with E-state index in [-0.39, 0.29) is 5.91 Å². The van der Waals surface area contributed by atoms with Gasteiger partial charge in [-0.05, 0) is 38.8 Å². The molecule has 1 aliphatic rings. The minimum atomic E-state index is 0.0987. The van der Waals surface area contributed by atoms with Crippen LogP contribution in [0.15, 0.2) is 12.3 Å². The van der Waals surface area contributed by atoms with E-state index in [1.54, 1.807) is 6.07 Å². The monoisotopic (exact) mass is 297 g/mol. The molecule has 20 heavy (non-hydrogen) atoms. The number of aromatic nitrogens is 1. The minimum Gasteiger partial charge on any atom is -0.342 e. The Labute approximate surface area is 126 Å². The summed E-state index contributed by atoms with van der Waals surface area (Å²) < 4.78 is 1.98. The Balaban J connectivity index is 2.19. The largest absolute Gasteiger partial charge is 0.342 e. The summed E-state index contributed by atoms with van der Waals surface area (Å²) in [5.74, 6) is 0.0987. The van der Waals surface area contributed by atoms with Gasteiger partial charge in [0, 0.05) is 31.9 Å². The van der Waals surface area contributed by atoms with Crippen LogP contribution < -0.4 is 5.32 Å². The van der Waals surface area contributed by atoms with Crippen LogP contribution in [0.4, 0.5) is 0 Å². The Hall–Kier alpha value is -1.00. The van der Waals surface area contributed by atoms with E-state index in [2.05, 4.69) is 12.2 Å². The Kier molecular flexibility index (Phi) is 5.49. The van der Waals surface area contributed by atoms with Crippen LogP contribution in [0.5, 0.6) is 0 Å². The first-order valence-corrected chi connectivity index (χ1v) is 7.92. The highest BCUT2D eigenvalue weighted by molar-refractivity contribution is 6.31. The first kappa shape index (κ1) is 15.4. The summed E-state index contributed by atoms with van der Waals surface area (Å²) in [7, 11) is 0. The van der Waals surface area contributed by atoms with Gasteiger partial charge < -0.3 is 14.8 Å². The fraction of sp³-hybridized carbons (Fsp3) is 0.667. The van der Waals surface area contributed by atoms with E-state index in [1.807, 2.05) is 22.6 Å². The molecule has 112 valence electrons. The Morgan fingerprint density at radius 3 is 2.95 bits per heavy atom. The number of carbonyl (C=O) groups excluding carboxylic acids is 1. The van der Waals surface area contributed by atoms with Crippen LogP contribution in [-0.4, -0.2) is 41.1 Å². The molecule has 0 aromatic carbocycles. The number of halogens is 1. The van der Waals surface area contributed by atoms with Gasteiger partial charge in [-0.25, -0.2) is 0 Å². The molecule has 0 aliphatic carbocycles. The number of rotatable bonds is 5. The van der Waals surface area contributed by atoms with Gasteiger partial charge in [-0.1, -0.05) is 18.5 Å². The second-order valence-electron chi connectivity index (χ2n) is 5.33. The zero-order valence-corrected chi connectivity index (χ0v) is 13.1. The van der Waals surface area contributed by atoms with E-state index >= 15 is 0 Å². The minimum absolute atomic E-state index is 0.0987. The molecule has 0 saturated carbocycles. The molecule has 1 saturated heterocycles. The Morgan fingerprint density at radius 2 is 2.35 bits per heavy atom. The number of likely N-dealkylation sites (N-methyl/N-ethyl adjacent to an activating group) is 1. The van der Waals surface area contributed by atoms with E-state index in [0.717, 1.165) is 45.4 Å². The SMILES string of the molecule is CCCn1cc(Cl)cc1C(=O)N(CC)C1CCCNC1. The molecule has 2 rings (SSSR count). The summed E-state index contributed by atoms with van der Waals surface area (Å²) in [4.78, 5) is 14.8. The lowest BCUT2D eigenvalue weighted by Crippen LogP contribution is -2.49. The molecule has 1 unspecified atom stereocenters. The van der Waals surface area contributed by atoms with Gasteiger partial charge >= 0.3 is 0 Å². The molecule has 1 aromatic rings. The maximum absolute atomic E-state index is 12.8. The molecule has 1 aromatic heterocycles. The van der Waals surface area contributed by atoms with Crippen molar-refractivity contribution in [2.24, 2.45) is 0 Å². The van der Waals surface area contributed by atoms with Crippen LogP contribution in [0.2, 0.25) is 5.02 Å². The average molecular weight is 298 g/mol. The number of nitrogens with one attached hydrogen (secondary N) is 1. The van der Waals surface area contributed by atoms with Crippen molar-refractivity contribution in [3.8, 4) is 0 Å². The summed E-state index contributed by atoms with van der Waals surface area (Å²) >= 11 is 6.08. The van der Waals surface area contributed by atoms with E-state index in [0.29, 0.717) is 16.8 Å². The zero-order valence-electron chi connectivity index (χ0n) is 12.4. The standard InChI is InChI=1S/C15H24ClN3O/c1-3-8-18-11-12(16)9-14(18)15(20)19(4-2)13-6-5-7-17-10-13/h9,11,13,17H,3-8,10H2,1-2H3. The molecular weight excluding hydrogens is 274 g/mol.